The molecule has 0 aromatic heterocycles. The van der Waals surface area contributed by atoms with Crippen molar-refractivity contribution in [1.82, 2.24) is 0 Å². The van der Waals surface area contributed by atoms with E-state index in [9.17, 15) is 0 Å². The molecular weight excluding hydrogens is 240 g/mol. The van der Waals surface area contributed by atoms with E-state index in [0.29, 0.717) is 5.41 Å². The van der Waals surface area contributed by atoms with Crippen LogP contribution in [0.3, 0.4) is 0 Å². The van der Waals surface area contributed by atoms with Crippen LogP contribution in [0.4, 0.5) is 0 Å². The fourth-order valence-electron chi connectivity index (χ4n) is 3.90. The summed E-state index contributed by atoms with van der Waals surface area (Å²) in [5.74, 6) is 0.728. The van der Waals surface area contributed by atoms with Crippen LogP contribution in [0, 0.1) is 11.3 Å². The van der Waals surface area contributed by atoms with Gasteiger partial charge in [0.15, 0.2) is 0 Å². The van der Waals surface area contributed by atoms with Gasteiger partial charge in [-0.05, 0) is 70.1 Å². The zero-order chi connectivity index (χ0) is 14.8. The molecule has 2 aliphatic rings. The molecule has 0 nitrogen and oxygen atoms in total. The molecule has 0 heterocycles. The van der Waals surface area contributed by atoms with E-state index in [1.165, 1.54) is 44.9 Å². The van der Waals surface area contributed by atoms with Crippen molar-refractivity contribution in [2.24, 2.45) is 11.3 Å². The Morgan fingerprint density at radius 1 is 0.950 bits per heavy atom. The highest BCUT2D eigenvalue weighted by atomic mass is 14.4. The second-order valence-corrected chi connectivity index (χ2v) is 7.56. The van der Waals surface area contributed by atoms with Crippen LogP contribution in [-0.2, 0) is 0 Å². The van der Waals surface area contributed by atoms with Gasteiger partial charge in [-0.25, -0.2) is 0 Å². The lowest BCUT2D eigenvalue weighted by Crippen LogP contribution is -2.15. The van der Waals surface area contributed by atoms with Gasteiger partial charge in [-0.3, -0.25) is 0 Å². The Balaban J connectivity index is 2.35. The van der Waals surface area contributed by atoms with Crippen LogP contribution in [0.2, 0.25) is 0 Å². The number of allylic oxidation sites excluding steroid dienone is 6. The Hall–Kier alpha value is -0.780. The first kappa shape index (κ1) is 15.6. The molecule has 0 saturated heterocycles. The Kier molecular flexibility index (Phi) is 4.94. The number of hydrogen-bond acceptors (Lipinski definition) is 0. The van der Waals surface area contributed by atoms with E-state index in [1.807, 2.05) is 0 Å². The van der Waals surface area contributed by atoms with Gasteiger partial charge in [0.05, 0.1) is 0 Å². The molecule has 0 aromatic carbocycles. The van der Waals surface area contributed by atoms with E-state index in [-0.39, 0.29) is 0 Å². The molecule has 0 spiro atoms. The minimum absolute atomic E-state index is 0.436. The molecule has 0 unspecified atom stereocenters. The molecule has 1 atom stereocenters. The first-order valence-corrected chi connectivity index (χ1v) is 8.46. The molecule has 0 aliphatic heterocycles. The first-order chi connectivity index (χ1) is 9.42. The molecule has 0 fully saturated rings. The van der Waals surface area contributed by atoms with Gasteiger partial charge in [0.1, 0.15) is 0 Å². The molecular formula is C20H32. The summed E-state index contributed by atoms with van der Waals surface area (Å²) in [6, 6.07) is 0. The van der Waals surface area contributed by atoms with E-state index in [0.717, 1.165) is 5.92 Å². The predicted molar refractivity (Wildman–Crippen MR) is 89.8 cm³/mol. The fourth-order valence-corrected chi connectivity index (χ4v) is 3.90. The maximum Gasteiger partial charge on any atom is -0.00759 e. The van der Waals surface area contributed by atoms with Crippen LogP contribution >= 0.6 is 0 Å². The van der Waals surface area contributed by atoms with Gasteiger partial charge in [-0.1, -0.05) is 55.2 Å². The summed E-state index contributed by atoms with van der Waals surface area (Å²) in [4.78, 5) is 0. The Labute approximate surface area is 126 Å². The molecule has 0 amide bonds. The van der Waals surface area contributed by atoms with Crippen LogP contribution in [0.1, 0.15) is 79.6 Å². The van der Waals surface area contributed by atoms with Crippen molar-refractivity contribution in [1.29, 1.82) is 0 Å². The molecule has 2 aliphatic carbocycles. The Bertz CT molecular complexity index is 445. The molecule has 112 valence electrons. The quantitative estimate of drug-likeness (QED) is 0.472. The standard InChI is InChI=1S/C20H32/c1-15(2)18-12-14-20(5)13-11-17(4)8-6-7-16(3)9-10-19(18)20/h7,11,15H,6,8-10,12-14H2,1-5H3/t20-/m1/s1. The summed E-state index contributed by atoms with van der Waals surface area (Å²) < 4.78 is 0. The van der Waals surface area contributed by atoms with Gasteiger partial charge in [0, 0.05) is 0 Å². The van der Waals surface area contributed by atoms with Gasteiger partial charge in [0.2, 0.25) is 0 Å². The Morgan fingerprint density at radius 2 is 1.65 bits per heavy atom. The summed E-state index contributed by atoms with van der Waals surface area (Å²) in [5, 5.41) is 0. The average molecular weight is 272 g/mol. The van der Waals surface area contributed by atoms with Gasteiger partial charge in [-0.2, -0.15) is 0 Å². The minimum atomic E-state index is 0.436. The normalized spacial score (nSPS) is 28.9. The number of rotatable bonds is 1. The summed E-state index contributed by atoms with van der Waals surface area (Å²) in [5.41, 5.74) is 7.17. The van der Waals surface area contributed by atoms with Crippen LogP contribution in [0.25, 0.3) is 0 Å². The summed E-state index contributed by atoms with van der Waals surface area (Å²) in [6.45, 7) is 11.9. The maximum atomic E-state index is 2.53. The lowest BCUT2D eigenvalue weighted by Gasteiger charge is -2.28. The summed E-state index contributed by atoms with van der Waals surface area (Å²) in [6.07, 6.45) is 14.0. The molecule has 0 heteroatoms. The molecule has 2 rings (SSSR count). The topological polar surface area (TPSA) is 0 Å². The highest BCUT2D eigenvalue weighted by Crippen LogP contribution is 2.50. The third-order valence-corrected chi connectivity index (χ3v) is 5.46. The van der Waals surface area contributed by atoms with E-state index in [2.05, 4.69) is 46.8 Å². The SMILES string of the molecule is CC1=CC[C@]2(C)CCC(C(C)C)=C2CCC(C)=CCC1. The van der Waals surface area contributed by atoms with Crippen molar-refractivity contribution in [3.8, 4) is 0 Å². The largest absolute Gasteiger partial charge is 0.0853 e. The lowest BCUT2D eigenvalue weighted by atomic mass is 9.76. The maximum absolute atomic E-state index is 2.53. The molecule has 0 bridgehead atoms. The zero-order valence-corrected chi connectivity index (χ0v) is 14.2. The molecule has 0 radical (unpaired) electrons. The van der Waals surface area contributed by atoms with Crippen molar-refractivity contribution in [2.75, 3.05) is 0 Å². The Morgan fingerprint density at radius 3 is 2.35 bits per heavy atom. The molecule has 20 heavy (non-hydrogen) atoms. The zero-order valence-electron chi connectivity index (χ0n) is 14.2. The van der Waals surface area contributed by atoms with Crippen LogP contribution in [0.15, 0.2) is 34.4 Å². The second kappa shape index (κ2) is 6.33. The lowest BCUT2D eigenvalue weighted by molar-refractivity contribution is 0.386. The minimum Gasteiger partial charge on any atom is -0.0853 e. The second-order valence-electron chi connectivity index (χ2n) is 7.56. The third-order valence-electron chi connectivity index (χ3n) is 5.46. The number of hydrogen-bond donors (Lipinski definition) is 0. The van der Waals surface area contributed by atoms with Gasteiger partial charge in [-0.15, -0.1) is 0 Å². The third kappa shape index (κ3) is 3.45. The highest BCUT2D eigenvalue weighted by Gasteiger charge is 2.35. The molecule has 0 N–H and O–H groups in total. The monoisotopic (exact) mass is 272 g/mol. The van der Waals surface area contributed by atoms with E-state index >= 15 is 0 Å². The van der Waals surface area contributed by atoms with Gasteiger partial charge in [0.25, 0.3) is 0 Å². The van der Waals surface area contributed by atoms with E-state index < -0.39 is 0 Å². The van der Waals surface area contributed by atoms with Crippen molar-refractivity contribution in [3.63, 3.8) is 0 Å². The van der Waals surface area contributed by atoms with E-state index in [4.69, 9.17) is 0 Å². The summed E-state index contributed by atoms with van der Waals surface area (Å²) >= 11 is 0. The van der Waals surface area contributed by atoms with Crippen molar-refractivity contribution >= 4 is 0 Å². The highest BCUT2D eigenvalue weighted by molar-refractivity contribution is 5.31. The smallest absolute Gasteiger partial charge is 0.00759 e. The predicted octanol–water partition coefficient (Wildman–Crippen LogP) is 6.60. The fraction of sp³-hybridized carbons (Fsp3) is 0.700. The molecule has 0 aromatic rings. The summed E-state index contributed by atoms with van der Waals surface area (Å²) in [7, 11) is 0. The first-order valence-electron chi connectivity index (χ1n) is 8.46. The van der Waals surface area contributed by atoms with Crippen LogP contribution < -0.4 is 0 Å². The van der Waals surface area contributed by atoms with Gasteiger partial charge < -0.3 is 0 Å². The average Bonchev–Trinajstić information content (AvgIpc) is 2.70. The van der Waals surface area contributed by atoms with Crippen molar-refractivity contribution < 1.29 is 0 Å². The van der Waals surface area contributed by atoms with Crippen LogP contribution in [-0.4, -0.2) is 0 Å². The molecule has 0 saturated carbocycles. The van der Waals surface area contributed by atoms with Crippen LogP contribution in [0.5, 0.6) is 0 Å². The van der Waals surface area contributed by atoms with Crippen molar-refractivity contribution in [2.45, 2.75) is 79.6 Å². The van der Waals surface area contributed by atoms with Crippen molar-refractivity contribution in [3.05, 3.63) is 34.4 Å². The number of fused-ring (bicyclic) bond motifs is 1. The van der Waals surface area contributed by atoms with Gasteiger partial charge >= 0.3 is 0 Å². The van der Waals surface area contributed by atoms with E-state index in [1.54, 1.807) is 22.3 Å².